The molecule has 0 saturated carbocycles. The molecule has 0 radical (unpaired) electrons. The number of fused-ring (bicyclic) bond motifs is 2. The summed E-state index contributed by atoms with van der Waals surface area (Å²) in [6, 6.07) is 16.6. The van der Waals surface area contributed by atoms with Gasteiger partial charge in [0.05, 0.1) is 5.69 Å². The maximum absolute atomic E-state index is 6.07. The van der Waals surface area contributed by atoms with Crippen molar-refractivity contribution in [2.45, 2.75) is 0 Å². The van der Waals surface area contributed by atoms with E-state index in [1.54, 1.807) is 11.3 Å². The largest absolute Gasteiger partial charge is 0.224 e. The highest BCUT2D eigenvalue weighted by Crippen LogP contribution is 2.34. The fraction of sp³-hybridized carbons (Fsp3) is 0. The molecule has 0 atom stereocenters. The Bertz CT molecular complexity index is 925. The number of hydrogen-bond donors (Lipinski definition) is 0. The van der Waals surface area contributed by atoms with E-state index < -0.39 is 0 Å². The molecule has 2 nitrogen and oxygen atoms in total. The van der Waals surface area contributed by atoms with Crippen molar-refractivity contribution < 1.29 is 0 Å². The van der Waals surface area contributed by atoms with Gasteiger partial charge in [-0.05, 0) is 33.8 Å². The van der Waals surface area contributed by atoms with Gasteiger partial charge in [0.2, 0.25) is 5.28 Å². The van der Waals surface area contributed by atoms with Crippen molar-refractivity contribution in [3.8, 4) is 11.3 Å². The van der Waals surface area contributed by atoms with Gasteiger partial charge in [0, 0.05) is 10.9 Å². The zero-order valence-corrected chi connectivity index (χ0v) is 11.9. The molecule has 4 heteroatoms. The first-order valence-corrected chi connectivity index (χ1v) is 7.47. The lowest BCUT2D eigenvalue weighted by Crippen LogP contribution is -1.89. The van der Waals surface area contributed by atoms with E-state index >= 15 is 0 Å². The Morgan fingerprint density at radius 1 is 0.850 bits per heavy atom. The molecule has 0 aliphatic rings. The molecule has 0 amide bonds. The van der Waals surface area contributed by atoms with Crippen LogP contribution in [0.5, 0.6) is 0 Å². The first-order chi connectivity index (χ1) is 9.83. The van der Waals surface area contributed by atoms with Crippen LogP contribution in [0.1, 0.15) is 0 Å². The highest BCUT2D eigenvalue weighted by molar-refractivity contribution is 7.16. The van der Waals surface area contributed by atoms with Crippen LogP contribution in [-0.4, -0.2) is 9.97 Å². The summed E-state index contributed by atoms with van der Waals surface area (Å²) in [6.45, 7) is 0. The number of benzene rings is 2. The topological polar surface area (TPSA) is 25.8 Å². The van der Waals surface area contributed by atoms with Crippen LogP contribution in [0.2, 0.25) is 5.28 Å². The van der Waals surface area contributed by atoms with Crippen LogP contribution < -0.4 is 0 Å². The van der Waals surface area contributed by atoms with Gasteiger partial charge >= 0.3 is 0 Å². The van der Waals surface area contributed by atoms with Crippen molar-refractivity contribution in [1.29, 1.82) is 0 Å². The first-order valence-electron chi connectivity index (χ1n) is 6.22. The molecule has 0 bridgehead atoms. The van der Waals surface area contributed by atoms with Gasteiger partial charge < -0.3 is 0 Å². The summed E-state index contributed by atoms with van der Waals surface area (Å²) in [5.41, 5.74) is 1.99. The van der Waals surface area contributed by atoms with Crippen molar-refractivity contribution in [3.63, 3.8) is 0 Å². The van der Waals surface area contributed by atoms with Crippen molar-refractivity contribution in [3.05, 3.63) is 59.2 Å². The van der Waals surface area contributed by atoms with Gasteiger partial charge in [0.25, 0.3) is 0 Å². The molecular weight excluding hydrogens is 288 g/mol. The summed E-state index contributed by atoms with van der Waals surface area (Å²) in [5.74, 6) is 0. The third-order valence-electron chi connectivity index (χ3n) is 3.34. The SMILES string of the molecule is Clc1nc(-c2cccc3ccccc23)c2ccsc2n1. The minimum absolute atomic E-state index is 0.294. The molecular formula is C16H9ClN2S. The number of rotatable bonds is 1. The standard InChI is InChI=1S/C16H9ClN2S/c17-16-18-14(13-8-9-20-15(13)19-16)12-7-3-5-10-4-1-2-6-11(10)12/h1-9H. The van der Waals surface area contributed by atoms with Crippen molar-refractivity contribution in [2.24, 2.45) is 0 Å². The molecule has 4 rings (SSSR count). The first kappa shape index (κ1) is 11.8. The Morgan fingerprint density at radius 3 is 2.65 bits per heavy atom. The quantitative estimate of drug-likeness (QED) is 0.453. The van der Waals surface area contributed by atoms with E-state index in [-0.39, 0.29) is 0 Å². The predicted octanol–water partition coefficient (Wildman–Crippen LogP) is 5.16. The van der Waals surface area contributed by atoms with Gasteiger partial charge in [-0.15, -0.1) is 11.3 Å². The summed E-state index contributed by atoms with van der Waals surface area (Å²) < 4.78 is 0. The van der Waals surface area contributed by atoms with E-state index in [0.29, 0.717) is 5.28 Å². The molecule has 0 unspecified atom stereocenters. The summed E-state index contributed by atoms with van der Waals surface area (Å²) in [7, 11) is 0. The zero-order valence-electron chi connectivity index (χ0n) is 10.4. The van der Waals surface area contributed by atoms with E-state index in [0.717, 1.165) is 21.5 Å². The highest BCUT2D eigenvalue weighted by atomic mass is 35.5. The van der Waals surface area contributed by atoms with E-state index in [1.807, 2.05) is 29.6 Å². The molecule has 0 fully saturated rings. The van der Waals surface area contributed by atoms with Gasteiger partial charge in [0.15, 0.2) is 0 Å². The van der Waals surface area contributed by atoms with Gasteiger partial charge in [-0.1, -0.05) is 42.5 Å². The number of aromatic nitrogens is 2. The summed E-state index contributed by atoms with van der Waals surface area (Å²) in [4.78, 5) is 9.65. The monoisotopic (exact) mass is 296 g/mol. The Labute approximate surface area is 124 Å². The summed E-state index contributed by atoms with van der Waals surface area (Å²) >= 11 is 7.65. The highest BCUT2D eigenvalue weighted by Gasteiger charge is 2.12. The lowest BCUT2D eigenvalue weighted by atomic mass is 10.0. The number of nitrogens with zero attached hydrogens (tertiary/aromatic N) is 2. The molecule has 20 heavy (non-hydrogen) atoms. The molecule has 4 aromatic rings. The maximum Gasteiger partial charge on any atom is 0.224 e. The molecule has 0 saturated heterocycles. The average molecular weight is 297 g/mol. The normalized spacial score (nSPS) is 11.2. The number of hydrogen-bond acceptors (Lipinski definition) is 3. The second kappa shape index (κ2) is 4.54. The maximum atomic E-state index is 6.07. The zero-order chi connectivity index (χ0) is 13.5. The second-order valence-corrected chi connectivity index (χ2v) is 5.74. The van der Waals surface area contributed by atoms with Crippen molar-refractivity contribution >= 4 is 43.9 Å². The van der Waals surface area contributed by atoms with E-state index in [9.17, 15) is 0 Å². The molecule has 0 aliphatic heterocycles. The van der Waals surface area contributed by atoms with Crippen LogP contribution >= 0.6 is 22.9 Å². The van der Waals surface area contributed by atoms with Crippen LogP contribution in [0.4, 0.5) is 0 Å². The molecule has 2 heterocycles. The molecule has 0 N–H and O–H groups in total. The van der Waals surface area contributed by atoms with E-state index in [4.69, 9.17) is 11.6 Å². The minimum atomic E-state index is 0.294. The summed E-state index contributed by atoms with van der Waals surface area (Å²) in [5, 5.41) is 5.74. The Kier molecular flexibility index (Phi) is 2.69. The molecule has 0 spiro atoms. The number of halogens is 1. The number of thiophene rings is 1. The fourth-order valence-corrected chi connectivity index (χ4v) is 3.45. The van der Waals surface area contributed by atoms with Gasteiger partial charge in [0.1, 0.15) is 4.83 Å². The van der Waals surface area contributed by atoms with Crippen LogP contribution in [0.3, 0.4) is 0 Å². The minimum Gasteiger partial charge on any atom is -0.217 e. The third-order valence-corrected chi connectivity index (χ3v) is 4.32. The van der Waals surface area contributed by atoms with Gasteiger partial charge in [-0.2, -0.15) is 0 Å². The molecule has 0 aliphatic carbocycles. The van der Waals surface area contributed by atoms with Crippen molar-refractivity contribution in [2.75, 3.05) is 0 Å². The fourth-order valence-electron chi connectivity index (χ4n) is 2.47. The van der Waals surface area contributed by atoms with Crippen LogP contribution in [0, 0.1) is 0 Å². The van der Waals surface area contributed by atoms with Gasteiger partial charge in [-0.25, -0.2) is 9.97 Å². The lowest BCUT2D eigenvalue weighted by Gasteiger charge is -2.07. The third kappa shape index (κ3) is 1.79. The molecule has 2 aromatic carbocycles. The Morgan fingerprint density at radius 2 is 1.70 bits per heavy atom. The Hall–Kier alpha value is -1.97. The van der Waals surface area contributed by atoms with Crippen LogP contribution in [0.15, 0.2) is 53.9 Å². The van der Waals surface area contributed by atoms with E-state index in [1.165, 1.54) is 10.8 Å². The summed E-state index contributed by atoms with van der Waals surface area (Å²) in [6.07, 6.45) is 0. The molecule has 96 valence electrons. The smallest absolute Gasteiger partial charge is 0.217 e. The van der Waals surface area contributed by atoms with Crippen molar-refractivity contribution in [1.82, 2.24) is 9.97 Å². The second-order valence-electron chi connectivity index (χ2n) is 4.51. The predicted molar refractivity (Wildman–Crippen MR) is 85.4 cm³/mol. The lowest BCUT2D eigenvalue weighted by molar-refractivity contribution is 1.24. The van der Waals surface area contributed by atoms with E-state index in [2.05, 4.69) is 34.2 Å². The Balaban J connectivity index is 2.14. The van der Waals surface area contributed by atoms with Crippen LogP contribution in [-0.2, 0) is 0 Å². The van der Waals surface area contributed by atoms with Crippen LogP contribution in [0.25, 0.3) is 32.2 Å². The molecule has 2 aromatic heterocycles. The van der Waals surface area contributed by atoms with Gasteiger partial charge in [-0.3, -0.25) is 0 Å². The average Bonchev–Trinajstić information content (AvgIpc) is 2.94.